The summed E-state index contributed by atoms with van der Waals surface area (Å²) in [4.78, 5) is 22.7. The fourth-order valence-corrected chi connectivity index (χ4v) is 1.70. The molecule has 1 fully saturated rings. The maximum atomic E-state index is 12.1. The number of hydrogen-bond donors (Lipinski definition) is 0. The van der Waals surface area contributed by atoms with Crippen LogP contribution < -0.4 is 0 Å². The van der Waals surface area contributed by atoms with Gasteiger partial charge in [0, 0.05) is 13.1 Å². The van der Waals surface area contributed by atoms with Crippen LogP contribution in [0.15, 0.2) is 0 Å². The molecular formula is C9H12F3NO3. The molecule has 4 nitrogen and oxygen atoms in total. The number of halogens is 3. The highest BCUT2D eigenvalue weighted by atomic mass is 19.4. The van der Waals surface area contributed by atoms with Gasteiger partial charge in [-0.15, -0.1) is 0 Å². The summed E-state index contributed by atoms with van der Waals surface area (Å²) in [6, 6.07) is 0. The second kappa shape index (κ2) is 4.71. The van der Waals surface area contributed by atoms with Crippen LogP contribution in [0.5, 0.6) is 0 Å². The molecule has 1 atom stereocenters. The number of alkyl halides is 3. The number of rotatable bonds is 1. The fourth-order valence-electron chi connectivity index (χ4n) is 1.70. The second-order valence-electron chi connectivity index (χ2n) is 3.61. The first-order chi connectivity index (χ1) is 7.36. The average molecular weight is 239 g/mol. The second-order valence-corrected chi connectivity index (χ2v) is 3.61. The zero-order valence-electron chi connectivity index (χ0n) is 8.71. The number of nitrogens with zero attached hydrogens (tertiary/aromatic N) is 1. The zero-order valence-corrected chi connectivity index (χ0v) is 8.71. The molecule has 1 aliphatic heterocycles. The summed E-state index contributed by atoms with van der Waals surface area (Å²) >= 11 is 0. The van der Waals surface area contributed by atoms with Gasteiger partial charge in [-0.1, -0.05) is 0 Å². The maximum absolute atomic E-state index is 12.1. The summed E-state index contributed by atoms with van der Waals surface area (Å²) in [5, 5.41) is 0. The lowest BCUT2D eigenvalue weighted by Crippen LogP contribution is -2.47. The van der Waals surface area contributed by atoms with Crippen LogP contribution in [0.3, 0.4) is 0 Å². The Morgan fingerprint density at radius 1 is 1.38 bits per heavy atom. The number of likely N-dealkylation sites (tertiary alicyclic amines) is 1. The number of methoxy groups -OCH3 is 1. The first-order valence-electron chi connectivity index (χ1n) is 4.80. The molecular weight excluding hydrogens is 227 g/mol. The molecule has 0 aromatic rings. The van der Waals surface area contributed by atoms with Crippen molar-refractivity contribution in [3.05, 3.63) is 0 Å². The molecule has 7 heteroatoms. The first kappa shape index (κ1) is 12.8. The lowest BCUT2D eigenvalue weighted by Gasteiger charge is -2.31. The van der Waals surface area contributed by atoms with Crippen molar-refractivity contribution in [2.45, 2.75) is 19.0 Å². The Morgan fingerprint density at radius 2 is 2.00 bits per heavy atom. The maximum Gasteiger partial charge on any atom is 0.471 e. The van der Waals surface area contributed by atoms with Gasteiger partial charge in [0.1, 0.15) is 0 Å². The third kappa shape index (κ3) is 2.86. The SMILES string of the molecule is COC(=O)[C@@H]1CCCN(C(=O)C(F)(F)F)C1. The smallest absolute Gasteiger partial charge is 0.469 e. The van der Waals surface area contributed by atoms with Crippen LogP contribution in [-0.2, 0) is 14.3 Å². The van der Waals surface area contributed by atoms with E-state index >= 15 is 0 Å². The number of hydrogen-bond acceptors (Lipinski definition) is 3. The molecule has 0 unspecified atom stereocenters. The van der Waals surface area contributed by atoms with E-state index in [0.29, 0.717) is 17.7 Å². The predicted octanol–water partition coefficient (Wildman–Crippen LogP) is 0.960. The van der Waals surface area contributed by atoms with Gasteiger partial charge in [-0.2, -0.15) is 13.2 Å². The van der Waals surface area contributed by atoms with E-state index in [2.05, 4.69) is 4.74 Å². The fraction of sp³-hybridized carbons (Fsp3) is 0.778. The summed E-state index contributed by atoms with van der Waals surface area (Å²) in [5.41, 5.74) is 0. The van der Waals surface area contributed by atoms with E-state index in [9.17, 15) is 22.8 Å². The molecule has 92 valence electrons. The molecule has 16 heavy (non-hydrogen) atoms. The Hall–Kier alpha value is -1.27. The van der Waals surface area contributed by atoms with Crippen molar-refractivity contribution in [2.75, 3.05) is 20.2 Å². The van der Waals surface area contributed by atoms with Crippen molar-refractivity contribution in [1.82, 2.24) is 4.90 Å². The highest BCUT2D eigenvalue weighted by molar-refractivity contribution is 5.83. The van der Waals surface area contributed by atoms with Crippen LogP contribution >= 0.6 is 0 Å². The Morgan fingerprint density at radius 3 is 2.50 bits per heavy atom. The van der Waals surface area contributed by atoms with Crippen LogP contribution in [0.4, 0.5) is 13.2 Å². The number of amides is 1. The standard InChI is InChI=1S/C9H12F3NO3/c1-16-7(14)6-3-2-4-13(5-6)8(15)9(10,11)12/h6H,2-5H2,1H3/t6-/m1/s1. The normalized spacial score (nSPS) is 21.8. The van der Waals surface area contributed by atoms with E-state index in [-0.39, 0.29) is 13.1 Å². The van der Waals surface area contributed by atoms with E-state index < -0.39 is 24.0 Å². The minimum atomic E-state index is -4.88. The summed E-state index contributed by atoms with van der Waals surface area (Å²) in [5.74, 6) is -3.11. The predicted molar refractivity (Wildman–Crippen MR) is 47.4 cm³/mol. The number of ether oxygens (including phenoxy) is 1. The zero-order chi connectivity index (χ0) is 12.3. The van der Waals surface area contributed by atoms with Gasteiger partial charge < -0.3 is 9.64 Å². The molecule has 1 saturated heterocycles. The van der Waals surface area contributed by atoms with Gasteiger partial charge in [0.05, 0.1) is 13.0 Å². The Balaban J connectivity index is 2.64. The Bertz CT molecular complexity index is 290. The summed E-state index contributed by atoms with van der Waals surface area (Å²) in [6.07, 6.45) is -4.05. The third-order valence-corrected chi connectivity index (χ3v) is 2.49. The highest BCUT2D eigenvalue weighted by Crippen LogP contribution is 2.24. The molecule has 0 bridgehead atoms. The third-order valence-electron chi connectivity index (χ3n) is 2.49. The van der Waals surface area contributed by atoms with Gasteiger partial charge in [0.15, 0.2) is 0 Å². The van der Waals surface area contributed by atoms with Gasteiger partial charge in [0.25, 0.3) is 0 Å². The monoisotopic (exact) mass is 239 g/mol. The number of carbonyl (C=O) groups excluding carboxylic acids is 2. The number of piperidine rings is 1. The van der Waals surface area contributed by atoms with Gasteiger partial charge in [0.2, 0.25) is 0 Å². The molecule has 1 aliphatic rings. The summed E-state index contributed by atoms with van der Waals surface area (Å²) < 4.78 is 40.9. The lowest BCUT2D eigenvalue weighted by molar-refractivity contribution is -0.187. The molecule has 1 amide bonds. The minimum Gasteiger partial charge on any atom is -0.469 e. The van der Waals surface area contributed by atoms with Crippen molar-refractivity contribution in [3.63, 3.8) is 0 Å². The van der Waals surface area contributed by atoms with Crippen LogP contribution in [0.25, 0.3) is 0 Å². The lowest BCUT2D eigenvalue weighted by atomic mass is 9.98. The van der Waals surface area contributed by atoms with Crippen molar-refractivity contribution in [2.24, 2.45) is 5.92 Å². The van der Waals surface area contributed by atoms with E-state index in [1.165, 1.54) is 7.11 Å². The Kier molecular flexibility index (Phi) is 3.77. The molecule has 0 saturated carbocycles. The van der Waals surface area contributed by atoms with Crippen molar-refractivity contribution in [1.29, 1.82) is 0 Å². The van der Waals surface area contributed by atoms with E-state index in [4.69, 9.17) is 0 Å². The quantitative estimate of drug-likeness (QED) is 0.640. The largest absolute Gasteiger partial charge is 0.471 e. The van der Waals surface area contributed by atoms with Crippen LogP contribution in [0.1, 0.15) is 12.8 Å². The van der Waals surface area contributed by atoms with Gasteiger partial charge in [-0.25, -0.2) is 0 Å². The average Bonchev–Trinajstić information content (AvgIpc) is 2.26. The van der Waals surface area contributed by atoms with Gasteiger partial charge in [-0.05, 0) is 12.8 Å². The van der Waals surface area contributed by atoms with E-state index in [1.54, 1.807) is 0 Å². The summed E-state index contributed by atoms with van der Waals surface area (Å²) in [7, 11) is 1.17. The molecule has 0 spiro atoms. The highest BCUT2D eigenvalue weighted by Gasteiger charge is 2.44. The topological polar surface area (TPSA) is 46.6 Å². The van der Waals surface area contributed by atoms with Crippen LogP contribution in [0, 0.1) is 5.92 Å². The van der Waals surface area contributed by atoms with E-state index in [0.717, 1.165) is 0 Å². The molecule has 1 rings (SSSR count). The Labute approximate surface area is 90.3 Å². The van der Waals surface area contributed by atoms with Crippen molar-refractivity contribution < 1.29 is 27.5 Å². The van der Waals surface area contributed by atoms with Crippen molar-refractivity contribution in [3.8, 4) is 0 Å². The molecule has 1 heterocycles. The van der Waals surface area contributed by atoms with Crippen LogP contribution in [0.2, 0.25) is 0 Å². The van der Waals surface area contributed by atoms with Gasteiger partial charge in [-0.3, -0.25) is 9.59 Å². The molecule has 0 aliphatic carbocycles. The first-order valence-corrected chi connectivity index (χ1v) is 4.80. The molecule has 0 radical (unpaired) electrons. The summed E-state index contributed by atoms with van der Waals surface area (Å²) in [6.45, 7) is -0.184. The number of esters is 1. The molecule has 0 N–H and O–H groups in total. The van der Waals surface area contributed by atoms with E-state index in [1.807, 2.05) is 0 Å². The molecule has 0 aromatic heterocycles. The van der Waals surface area contributed by atoms with Crippen molar-refractivity contribution >= 4 is 11.9 Å². The van der Waals surface area contributed by atoms with Gasteiger partial charge >= 0.3 is 18.1 Å². The van der Waals surface area contributed by atoms with Crippen LogP contribution in [-0.4, -0.2) is 43.2 Å². The number of carbonyl (C=O) groups is 2. The minimum absolute atomic E-state index is 0.0336. The molecule has 0 aromatic carbocycles.